The summed E-state index contributed by atoms with van der Waals surface area (Å²) in [5, 5.41) is 4.01. The SMILES string of the molecule is COCC(Nc1nc(N)c(Cl)cc1Cl)C(C)C. The summed E-state index contributed by atoms with van der Waals surface area (Å²) < 4.78 is 5.14. The maximum Gasteiger partial charge on any atom is 0.147 e. The number of anilines is 2. The van der Waals surface area contributed by atoms with Gasteiger partial charge in [0.1, 0.15) is 11.6 Å². The van der Waals surface area contributed by atoms with Crippen molar-refractivity contribution >= 4 is 34.8 Å². The van der Waals surface area contributed by atoms with Crippen LogP contribution in [-0.4, -0.2) is 24.7 Å². The van der Waals surface area contributed by atoms with Gasteiger partial charge in [0.25, 0.3) is 0 Å². The molecule has 1 unspecified atom stereocenters. The first-order valence-electron chi connectivity index (χ1n) is 5.32. The Labute approximate surface area is 111 Å². The Morgan fingerprint density at radius 3 is 2.59 bits per heavy atom. The average Bonchev–Trinajstić information content (AvgIpc) is 2.24. The number of nitrogens with zero attached hydrogens (tertiary/aromatic N) is 1. The van der Waals surface area contributed by atoms with Crippen LogP contribution in [0.4, 0.5) is 11.6 Å². The summed E-state index contributed by atoms with van der Waals surface area (Å²) in [6.07, 6.45) is 0. The van der Waals surface area contributed by atoms with E-state index >= 15 is 0 Å². The number of aromatic nitrogens is 1. The Balaban J connectivity index is 2.89. The predicted octanol–water partition coefficient (Wildman–Crippen LogP) is 3.05. The van der Waals surface area contributed by atoms with Gasteiger partial charge in [0, 0.05) is 7.11 Å². The molecule has 1 aromatic rings. The molecular weight excluding hydrogens is 261 g/mol. The maximum atomic E-state index is 6.04. The van der Waals surface area contributed by atoms with Crippen LogP contribution in [0.15, 0.2) is 6.07 Å². The molecule has 0 saturated carbocycles. The molecular formula is C11H17Cl2N3O. The van der Waals surface area contributed by atoms with Gasteiger partial charge < -0.3 is 15.8 Å². The number of methoxy groups -OCH3 is 1. The van der Waals surface area contributed by atoms with Crippen molar-refractivity contribution in [3.05, 3.63) is 16.1 Å². The minimum absolute atomic E-state index is 0.116. The van der Waals surface area contributed by atoms with E-state index in [1.54, 1.807) is 13.2 Å². The fourth-order valence-corrected chi connectivity index (χ4v) is 1.75. The number of halogens is 2. The second-order valence-corrected chi connectivity index (χ2v) is 4.95. The third-order valence-electron chi connectivity index (χ3n) is 2.43. The van der Waals surface area contributed by atoms with Crippen molar-refractivity contribution in [2.45, 2.75) is 19.9 Å². The van der Waals surface area contributed by atoms with Crippen LogP contribution in [-0.2, 0) is 4.74 Å². The molecule has 0 radical (unpaired) electrons. The summed E-state index contributed by atoms with van der Waals surface area (Å²) in [6, 6.07) is 1.70. The molecule has 0 fully saturated rings. The van der Waals surface area contributed by atoms with Crippen LogP contribution >= 0.6 is 23.2 Å². The molecule has 1 heterocycles. The van der Waals surface area contributed by atoms with Crippen molar-refractivity contribution in [2.24, 2.45) is 5.92 Å². The molecule has 17 heavy (non-hydrogen) atoms. The van der Waals surface area contributed by atoms with Crippen molar-refractivity contribution in [1.82, 2.24) is 4.98 Å². The van der Waals surface area contributed by atoms with Gasteiger partial charge in [-0.3, -0.25) is 0 Å². The highest BCUT2D eigenvalue weighted by atomic mass is 35.5. The summed E-state index contributed by atoms with van der Waals surface area (Å²) in [5.41, 5.74) is 5.64. The topological polar surface area (TPSA) is 60.2 Å². The number of nitrogens with two attached hydrogens (primary N) is 1. The number of rotatable bonds is 5. The standard InChI is InChI=1S/C11H17Cl2N3O/c1-6(2)9(5-17-3)15-11-8(13)4-7(12)10(14)16-11/h4,6,9H,5H2,1-3H3,(H3,14,15,16). The first-order chi connectivity index (χ1) is 7.95. The largest absolute Gasteiger partial charge is 0.383 e. The lowest BCUT2D eigenvalue weighted by Gasteiger charge is -2.22. The van der Waals surface area contributed by atoms with Gasteiger partial charge in [-0.05, 0) is 12.0 Å². The molecule has 0 amide bonds. The van der Waals surface area contributed by atoms with E-state index in [0.717, 1.165) is 0 Å². The third kappa shape index (κ3) is 3.91. The van der Waals surface area contributed by atoms with Crippen LogP contribution in [0.25, 0.3) is 0 Å². The molecule has 1 atom stereocenters. The summed E-state index contributed by atoms with van der Waals surface area (Å²) in [5.74, 6) is 1.17. The van der Waals surface area contributed by atoms with Crippen molar-refractivity contribution in [1.29, 1.82) is 0 Å². The molecule has 0 aliphatic heterocycles. The predicted molar refractivity (Wildman–Crippen MR) is 72.8 cm³/mol. The molecule has 4 nitrogen and oxygen atoms in total. The van der Waals surface area contributed by atoms with Crippen LogP contribution in [0.2, 0.25) is 10.0 Å². The lowest BCUT2D eigenvalue weighted by molar-refractivity contribution is 0.171. The molecule has 0 aliphatic rings. The Kier molecular flexibility index (Phi) is 5.31. The zero-order valence-corrected chi connectivity index (χ0v) is 11.6. The summed E-state index contributed by atoms with van der Waals surface area (Å²) in [6.45, 7) is 4.74. The normalized spacial score (nSPS) is 12.8. The highest BCUT2D eigenvalue weighted by Crippen LogP contribution is 2.28. The zero-order chi connectivity index (χ0) is 13.0. The van der Waals surface area contributed by atoms with Crippen LogP contribution in [0.3, 0.4) is 0 Å². The molecule has 0 saturated heterocycles. The van der Waals surface area contributed by atoms with Crippen molar-refractivity contribution in [3.8, 4) is 0 Å². The number of nitrogens with one attached hydrogen (secondary N) is 1. The van der Waals surface area contributed by atoms with E-state index in [1.165, 1.54) is 0 Å². The summed E-state index contributed by atoms with van der Waals surface area (Å²) in [4.78, 5) is 4.12. The average molecular weight is 278 g/mol. The van der Waals surface area contributed by atoms with Crippen molar-refractivity contribution in [3.63, 3.8) is 0 Å². The van der Waals surface area contributed by atoms with E-state index in [9.17, 15) is 0 Å². The highest BCUT2D eigenvalue weighted by Gasteiger charge is 2.16. The quantitative estimate of drug-likeness (QED) is 0.869. The van der Waals surface area contributed by atoms with Gasteiger partial charge >= 0.3 is 0 Å². The van der Waals surface area contributed by atoms with Gasteiger partial charge in [-0.25, -0.2) is 4.98 Å². The van der Waals surface area contributed by atoms with E-state index in [1.807, 2.05) is 0 Å². The van der Waals surface area contributed by atoms with E-state index in [4.69, 9.17) is 33.7 Å². The molecule has 0 aromatic carbocycles. The van der Waals surface area contributed by atoms with E-state index in [0.29, 0.717) is 28.4 Å². The van der Waals surface area contributed by atoms with Crippen molar-refractivity contribution < 1.29 is 4.74 Å². The minimum Gasteiger partial charge on any atom is -0.383 e. The number of hydrogen-bond donors (Lipinski definition) is 2. The molecule has 6 heteroatoms. The Bertz CT molecular complexity index is 385. The molecule has 0 bridgehead atoms. The first-order valence-corrected chi connectivity index (χ1v) is 6.08. The Hall–Kier alpha value is -0.710. The van der Waals surface area contributed by atoms with Crippen molar-refractivity contribution in [2.75, 3.05) is 24.8 Å². The van der Waals surface area contributed by atoms with Gasteiger partial charge in [0.05, 0.1) is 22.7 Å². The highest BCUT2D eigenvalue weighted by molar-refractivity contribution is 6.37. The van der Waals surface area contributed by atoms with Gasteiger partial charge in [0.15, 0.2) is 0 Å². The Morgan fingerprint density at radius 1 is 1.41 bits per heavy atom. The maximum absolute atomic E-state index is 6.04. The molecule has 0 spiro atoms. The monoisotopic (exact) mass is 277 g/mol. The van der Waals surface area contributed by atoms with Gasteiger partial charge in [-0.15, -0.1) is 0 Å². The lowest BCUT2D eigenvalue weighted by Crippen LogP contribution is -2.31. The minimum atomic E-state index is 0.116. The lowest BCUT2D eigenvalue weighted by atomic mass is 10.1. The van der Waals surface area contributed by atoms with Gasteiger partial charge in [-0.2, -0.15) is 0 Å². The van der Waals surface area contributed by atoms with Gasteiger partial charge in [0.2, 0.25) is 0 Å². The molecule has 1 rings (SSSR count). The molecule has 1 aromatic heterocycles. The second-order valence-electron chi connectivity index (χ2n) is 4.14. The fourth-order valence-electron chi connectivity index (χ4n) is 1.34. The van der Waals surface area contributed by atoms with Gasteiger partial charge in [-0.1, -0.05) is 37.0 Å². The summed E-state index contributed by atoms with van der Waals surface area (Å²) in [7, 11) is 1.66. The van der Waals surface area contributed by atoms with Crippen LogP contribution < -0.4 is 11.1 Å². The molecule has 96 valence electrons. The second kappa shape index (κ2) is 6.28. The smallest absolute Gasteiger partial charge is 0.147 e. The Morgan fingerprint density at radius 2 is 2.06 bits per heavy atom. The summed E-state index contributed by atoms with van der Waals surface area (Å²) >= 11 is 11.9. The van der Waals surface area contributed by atoms with Crippen LogP contribution in [0, 0.1) is 5.92 Å². The van der Waals surface area contributed by atoms with E-state index in [-0.39, 0.29) is 11.9 Å². The zero-order valence-electron chi connectivity index (χ0n) is 10.1. The molecule has 0 aliphatic carbocycles. The number of hydrogen-bond acceptors (Lipinski definition) is 4. The first kappa shape index (κ1) is 14.4. The molecule has 3 N–H and O–H groups in total. The number of ether oxygens (including phenoxy) is 1. The van der Waals surface area contributed by atoms with E-state index < -0.39 is 0 Å². The fraction of sp³-hybridized carbons (Fsp3) is 0.545. The van der Waals surface area contributed by atoms with E-state index in [2.05, 4.69) is 24.1 Å². The van der Waals surface area contributed by atoms with Crippen LogP contribution in [0.1, 0.15) is 13.8 Å². The number of nitrogen functional groups attached to an aromatic ring is 1. The third-order valence-corrected chi connectivity index (χ3v) is 3.02. The number of pyridine rings is 1. The van der Waals surface area contributed by atoms with Crippen LogP contribution in [0.5, 0.6) is 0 Å².